The zero-order chi connectivity index (χ0) is 23.0. The number of rotatable bonds is 4. The van der Waals surface area contributed by atoms with Crippen LogP contribution >= 0.6 is 0 Å². The number of benzene rings is 2. The van der Waals surface area contributed by atoms with Crippen LogP contribution in [0.3, 0.4) is 0 Å². The van der Waals surface area contributed by atoms with Crippen LogP contribution in [-0.2, 0) is 9.47 Å². The van der Waals surface area contributed by atoms with E-state index in [1.807, 2.05) is 17.0 Å². The number of hydrogen-bond acceptors (Lipinski definition) is 9. The highest BCUT2D eigenvalue weighted by atomic mass is 16.6. The van der Waals surface area contributed by atoms with Crippen molar-refractivity contribution in [2.24, 2.45) is 20.7 Å². The average Bonchev–Trinajstić information content (AvgIpc) is 3.49. The van der Waals surface area contributed by atoms with Gasteiger partial charge in [-0.25, -0.2) is 9.98 Å². The molecule has 1 unspecified atom stereocenters. The number of amidine groups is 1. The lowest BCUT2D eigenvalue weighted by molar-refractivity contribution is -0.154. The van der Waals surface area contributed by atoms with E-state index in [0.717, 1.165) is 27.5 Å². The Kier molecular flexibility index (Phi) is 4.39. The molecule has 1 aliphatic carbocycles. The van der Waals surface area contributed by atoms with Gasteiger partial charge in [0, 0.05) is 12.7 Å². The number of hydrogen-bond donors (Lipinski definition) is 3. The van der Waals surface area contributed by atoms with E-state index in [0.29, 0.717) is 11.5 Å². The molecule has 1 fully saturated rings. The van der Waals surface area contributed by atoms with Crippen LogP contribution in [0.25, 0.3) is 22.4 Å². The lowest BCUT2D eigenvalue weighted by Crippen LogP contribution is -2.60. The molecule has 0 spiro atoms. The first-order valence-electron chi connectivity index (χ1n) is 10.9. The molecule has 3 aliphatic heterocycles. The predicted molar refractivity (Wildman–Crippen MR) is 126 cm³/mol. The van der Waals surface area contributed by atoms with Crippen molar-refractivity contribution in [2.75, 3.05) is 20.4 Å². The zero-order valence-corrected chi connectivity index (χ0v) is 18.3. The van der Waals surface area contributed by atoms with Crippen molar-refractivity contribution in [2.45, 2.75) is 36.6 Å². The van der Waals surface area contributed by atoms with Crippen LogP contribution in [0.2, 0.25) is 0 Å². The first-order valence-corrected chi connectivity index (χ1v) is 10.9. The summed E-state index contributed by atoms with van der Waals surface area (Å²) in [7, 11) is 1.51. The number of nitrogens with zero attached hydrogens (tertiary/aromatic N) is 4. The average molecular weight is 447 g/mol. The van der Waals surface area contributed by atoms with Crippen LogP contribution in [-0.4, -0.2) is 83.1 Å². The quantitative estimate of drug-likeness (QED) is 0.642. The van der Waals surface area contributed by atoms with Crippen LogP contribution in [0.15, 0.2) is 51.4 Å². The van der Waals surface area contributed by atoms with Crippen LogP contribution < -0.4 is 5.73 Å². The van der Waals surface area contributed by atoms with E-state index < -0.39 is 29.7 Å². The molecule has 3 heterocycles. The highest BCUT2D eigenvalue weighted by molar-refractivity contribution is 6.50. The van der Waals surface area contributed by atoms with Crippen LogP contribution in [0.1, 0.15) is 18.1 Å². The molecule has 0 saturated carbocycles. The van der Waals surface area contributed by atoms with Gasteiger partial charge in [-0.15, -0.1) is 0 Å². The Balaban J connectivity index is 1.40. The van der Waals surface area contributed by atoms with Gasteiger partial charge in [0.2, 0.25) is 0 Å². The summed E-state index contributed by atoms with van der Waals surface area (Å²) < 4.78 is 11.7. The first kappa shape index (κ1) is 20.6. The fraction of sp³-hybridized carbons (Fsp3) is 0.375. The third-order valence-corrected chi connectivity index (χ3v) is 7.16. The highest BCUT2D eigenvalue weighted by Crippen LogP contribution is 2.45. The molecule has 0 amide bonds. The fourth-order valence-corrected chi connectivity index (χ4v) is 5.55. The molecule has 2 aromatic rings. The van der Waals surface area contributed by atoms with E-state index in [1.165, 1.54) is 13.4 Å². The highest BCUT2D eigenvalue weighted by Gasteiger charge is 2.59. The molecule has 1 saturated heterocycles. The monoisotopic (exact) mass is 447 g/mol. The van der Waals surface area contributed by atoms with Gasteiger partial charge in [0.25, 0.3) is 0 Å². The number of aliphatic hydroxyl groups is 2. The van der Waals surface area contributed by atoms with E-state index in [1.54, 1.807) is 6.92 Å². The summed E-state index contributed by atoms with van der Waals surface area (Å²) in [5, 5.41) is 22.6. The molecular formula is C24H25N5O4. The van der Waals surface area contributed by atoms with E-state index >= 15 is 0 Å². The minimum atomic E-state index is -1.23. The van der Waals surface area contributed by atoms with E-state index in [4.69, 9.17) is 20.2 Å². The number of methoxy groups -OCH3 is 1. The maximum atomic E-state index is 10.6. The smallest absolute Gasteiger partial charge is 0.182 e. The van der Waals surface area contributed by atoms with Crippen molar-refractivity contribution < 1.29 is 19.7 Å². The largest absolute Gasteiger partial charge is 0.394 e. The molecule has 9 heteroatoms. The van der Waals surface area contributed by atoms with Crippen molar-refractivity contribution in [3.8, 4) is 0 Å². The summed E-state index contributed by atoms with van der Waals surface area (Å²) in [4.78, 5) is 15.7. The molecule has 0 bridgehead atoms. The summed E-state index contributed by atoms with van der Waals surface area (Å²) >= 11 is 0. The van der Waals surface area contributed by atoms with Gasteiger partial charge >= 0.3 is 0 Å². The molecular weight excluding hydrogens is 422 g/mol. The minimum absolute atomic E-state index is 0.210. The molecule has 4 aliphatic rings. The number of nitrogens with two attached hydrogens (primary N) is 1. The number of aliphatic hydroxyl groups excluding tert-OH is 2. The fourth-order valence-electron chi connectivity index (χ4n) is 5.55. The van der Waals surface area contributed by atoms with Crippen molar-refractivity contribution in [3.05, 3.63) is 47.5 Å². The number of ether oxygens (including phenoxy) is 2. The van der Waals surface area contributed by atoms with Gasteiger partial charge in [0.15, 0.2) is 17.2 Å². The maximum absolute atomic E-state index is 10.6. The third kappa shape index (κ3) is 2.62. The Bertz CT molecular complexity index is 1280. The summed E-state index contributed by atoms with van der Waals surface area (Å²) in [6.07, 6.45) is 1.02. The molecule has 170 valence electrons. The second-order valence-corrected chi connectivity index (χ2v) is 8.89. The molecule has 6 rings (SSSR count). The van der Waals surface area contributed by atoms with Gasteiger partial charge in [0.05, 0.1) is 6.61 Å². The topological polar surface area (TPSA) is 125 Å². The summed E-state index contributed by atoms with van der Waals surface area (Å²) in [6, 6.07) is 12.3. The Hall–Kier alpha value is -2.95. The van der Waals surface area contributed by atoms with E-state index in [2.05, 4.69) is 40.3 Å². The minimum Gasteiger partial charge on any atom is -0.394 e. The molecule has 9 nitrogen and oxygen atoms in total. The van der Waals surface area contributed by atoms with E-state index in [9.17, 15) is 10.2 Å². The van der Waals surface area contributed by atoms with E-state index in [-0.39, 0.29) is 13.3 Å². The molecule has 33 heavy (non-hydrogen) atoms. The van der Waals surface area contributed by atoms with Crippen molar-refractivity contribution in [3.63, 3.8) is 0 Å². The van der Waals surface area contributed by atoms with Gasteiger partial charge in [-0.1, -0.05) is 36.4 Å². The Morgan fingerprint density at radius 1 is 1.27 bits per heavy atom. The normalized spacial score (nSPS) is 34.5. The van der Waals surface area contributed by atoms with Gasteiger partial charge in [-0.05, 0) is 34.9 Å². The molecule has 0 radical (unpaired) electrons. The third-order valence-electron chi connectivity index (χ3n) is 7.16. The SMILES string of the molecule is CO[C@@H]1[C@H](O)[C@@H](CO)O[C@@]1(C)N1CN=C2C1=NC=NC2(N)C1=Cc2cccc3cccc1c23. The Morgan fingerprint density at radius 3 is 2.82 bits per heavy atom. The first-order chi connectivity index (χ1) is 15.9. The molecule has 4 N–H and O–H groups in total. The predicted octanol–water partition coefficient (Wildman–Crippen LogP) is 0.987. The maximum Gasteiger partial charge on any atom is 0.182 e. The van der Waals surface area contributed by atoms with Gasteiger partial charge < -0.3 is 24.6 Å². The lowest BCUT2D eigenvalue weighted by atomic mass is 9.89. The number of aliphatic imine (C=N–C) groups is 3. The van der Waals surface area contributed by atoms with Gasteiger partial charge in [0.1, 0.15) is 37.0 Å². The van der Waals surface area contributed by atoms with Gasteiger partial charge in [-0.2, -0.15) is 0 Å². The summed E-state index contributed by atoms with van der Waals surface area (Å²) in [5.41, 5.74) is 8.16. The molecule has 5 atom stereocenters. The second kappa shape index (κ2) is 7.02. The van der Waals surface area contributed by atoms with Crippen molar-refractivity contribution in [1.29, 1.82) is 0 Å². The number of fused-ring (bicyclic) bond motifs is 1. The lowest BCUT2D eigenvalue weighted by Gasteiger charge is -2.41. The second-order valence-electron chi connectivity index (χ2n) is 8.89. The standard InChI is InChI=1S/C24H25N5O4/c1-23(21(32-2)19(31)17(10-30)33-23)29-12-27-20-22(29)26-11-28-24(20,25)16-9-14-7-3-5-13-6-4-8-15(16)18(13)14/h3-9,11,17,19,21,30-31H,10,12,25H2,1-2H3/t17-,19-,21-,23-,24?/m1/s1. The molecule has 0 aromatic heterocycles. The Morgan fingerprint density at radius 2 is 2.06 bits per heavy atom. The summed E-state index contributed by atoms with van der Waals surface area (Å²) in [6.45, 7) is 1.68. The molecule has 2 aromatic carbocycles. The van der Waals surface area contributed by atoms with Crippen LogP contribution in [0.4, 0.5) is 0 Å². The van der Waals surface area contributed by atoms with Crippen molar-refractivity contribution >= 4 is 40.3 Å². The summed E-state index contributed by atoms with van der Waals surface area (Å²) in [5.74, 6) is 0.520. The van der Waals surface area contributed by atoms with Crippen LogP contribution in [0.5, 0.6) is 0 Å². The van der Waals surface area contributed by atoms with Crippen molar-refractivity contribution in [1.82, 2.24) is 4.90 Å². The zero-order valence-electron chi connectivity index (χ0n) is 18.3. The van der Waals surface area contributed by atoms with Crippen LogP contribution in [0, 0.1) is 0 Å². The van der Waals surface area contributed by atoms with Gasteiger partial charge in [-0.3, -0.25) is 10.7 Å². The Labute approximate surface area is 190 Å².